The molecule has 0 radical (unpaired) electrons. The first-order valence-corrected chi connectivity index (χ1v) is 12.1. The Morgan fingerprint density at radius 1 is 1.16 bits per heavy atom. The molecule has 3 rings (SSSR count). The summed E-state index contributed by atoms with van der Waals surface area (Å²) in [4.78, 5) is 35.0. The Morgan fingerprint density at radius 2 is 1.95 bits per heavy atom. The maximum Gasteiger partial charge on any atom is 0.271 e. The van der Waals surface area contributed by atoms with Gasteiger partial charge in [0, 0.05) is 28.4 Å². The third kappa shape index (κ3) is 7.76. The molecule has 2 N–H and O–H groups in total. The molecule has 10 nitrogen and oxygen atoms in total. The highest BCUT2D eigenvalue weighted by atomic mass is 79.9. The third-order valence-electron chi connectivity index (χ3n) is 4.83. The summed E-state index contributed by atoms with van der Waals surface area (Å²) in [5, 5.41) is 18.1. The lowest BCUT2D eigenvalue weighted by Gasteiger charge is -2.14. The first-order chi connectivity index (χ1) is 17.7. The van der Waals surface area contributed by atoms with Crippen molar-refractivity contribution in [1.82, 2.24) is 5.43 Å². The number of hydrazone groups is 1. The van der Waals surface area contributed by atoms with Gasteiger partial charge in [0.1, 0.15) is 0 Å². The van der Waals surface area contributed by atoms with E-state index in [0.29, 0.717) is 38.9 Å². The maximum absolute atomic E-state index is 12.4. The van der Waals surface area contributed by atoms with E-state index in [9.17, 15) is 19.7 Å². The van der Waals surface area contributed by atoms with Gasteiger partial charge in [-0.2, -0.15) is 5.10 Å². The average molecular weight is 590 g/mol. The van der Waals surface area contributed by atoms with Crippen LogP contribution in [0.25, 0.3) is 0 Å². The number of hydrogen-bond acceptors (Lipinski definition) is 7. The van der Waals surface area contributed by atoms with E-state index in [1.54, 1.807) is 37.3 Å². The smallest absolute Gasteiger partial charge is 0.271 e. The van der Waals surface area contributed by atoms with Crippen LogP contribution in [0.4, 0.5) is 11.4 Å². The third-order valence-corrected chi connectivity index (χ3v) is 5.83. The van der Waals surface area contributed by atoms with Crippen molar-refractivity contribution < 1.29 is 24.0 Å². The predicted molar refractivity (Wildman–Crippen MR) is 144 cm³/mol. The molecular formula is C25H22BrClN4O6. The van der Waals surface area contributed by atoms with Crippen LogP contribution in [0.15, 0.2) is 64.2 Å². The van der Waals surface area contributed by atoms with Gasteiger partial charge in [0.2, 0.25) is 0 Å². The number of rotatable bonds is 10. The highest BCUT2D eigenvalue weighted by molar-refractivity contribution is 9.10. The van der Waals surface area contributed by atoms with Crippen LogP contribution in [-0.4, -0.2) is 36.2 Å². The lowest BCUT2D eigenvalue weighted by Crippen LogP contribution is -2.20. The second-order valence-electron chi connectivity index (χ2n) is 7.57. The van der Waals surface area contributed by atoms with Gasteiger partial charge in [-0.25, -0.2) is 5.43 Å². The zero-order valence-electron chi connectivity index (χ0n) is 19.8. The van der Waals surface area contributed by atoms with Crippen molar-refractivity contribution in [1.29, 1.82) is 0 Å². The van der Waals surface area contributed by atoms with Gasteiger partial charge in [0.25, 0.3) is 17.5 Å². The number of nitro groups is 1. The predicted octanol–water partition coefficient (Wildman–Crippen LogP) is 5.50. The number of carbonyl (C=O) groups excluding carboxylic acids is 2. The van der Waals surface area contributed by atoms with E-state index in [2.05, 4.69) is 31.8 Å². The van der Waals surface area contributed by atoms with Crippen LogP contribution >= 0.6 is 27.5 Å². The van der Waals surface area contributed by atoms with Crippen molar-refractivity contribution in [3.8, 4) is 11.5 Å². The number of non-ortho nitro benzene ring substituents is 1. The van der Waals surface area contributed by atoms with Gasteiger partial charge in [-0.1, -0.05) is 23.7 Å². The molecule has 0 saturated carbocycles. The molecule has 0 bridgehead atoms. The number of nitrogens with zero attached hydrogens (tertiary/aromatic N) is 2. The average Bonchev–Trinajstić information content (AvgIpc) is 2.86. The van der Waals surface area contributed by atoms with Crippen LogP contribution in [0.1, 0.15) is 28.4 Å². The minimum atomic E-state index is -0.607. The number of halogens is 2. The van der Waals surface area contributed by atoms with E-state index in [1.165, 1.54) is 24.4 Å². The number of aryl methyl sites for hydroxylation is 1. The Balaban J connectivity index is 1.67. The quantitative estimate of drug-likeness (QED) is 0.182. The summed E-state index contributed by atoms with van der Waals surface area (Å²) in [7, 11) is 0. The molecule has 37 heavy (non-hydrogen) atoms. The van der Waals surface area contributed by atoms with Gasteiger partial charge >= 0.3 is 0 Å². The SMILES string of the molecule is CCOc1cc(/C=N/NC(=O)c2cccc([N+](=O)[O-])c2)cc(Br)c1OCC(=O)Nc1ccc(C)c(Cl)c1. The summed E-state index contributed by atoms with van der Waals surface area (Å²) in [5.74, 6) is -0.320. The van der Waals surface area contributed by atoms with Gasteiger partial charge in [-0.3, -0.25) is 19.7 Å². The molecule has 3 aromatic rings. The summed E-state index contributed by atoms with van der Waals surface area (Å²) in [5.41, 5.74) is 4.22. The molecule has 0 heterocycles. The van der Waals surface area contributed by atoms with Crippen LogP contribution < -0.4 is 20.2 Å². The normalized spacial score (nSPS) is 10.7. The molecule has 192 valence electrons. The van der Waals surface area contributed by atoms with Crippen molar-refractivity contribution in [2.24, 2.45) is 5.10 Å². The number of hydrogen-bond donors (Lipinski definition) is 2. The highest BCUT2D eigenvalue weighted by Crippen LogP contribution is 2.36. The molecule has 0 aliphatic rings. The lowest BCUT2D eigenvalue weighted by molar-refractivity contribution is -0.384. The number of benzene rings is 3. The van der Waals surface area contributed by atoms with Gasteiger partial charge < -0.3 is 14.8 Å². The van der Waals surface area contributed by atoms with Gasteiger partial charge in [0.05, 0.1) is 22.2 Å². The molecule has 0 aromatic heterocycles. The molecule has 0 aliphatic heterocycles. The minimum absolute atomic E-state index is 0.0949. The maximum atomic E-state index is 12.4. The fraction of sp³-hybridized carbons (Fsp3) is 0.160. The number of nitrogens with one attached hydrogen (secondary N) is 2. The highest BCUT2D eigenvalue weighted by Gasteiger charge is 2.15. The summed E-state index contributed by atoms with van der Waals surface area (Å²) in [6.07, 6.45) is 1.38. The number of ether oxygens (including phenoxy) is 2. The van der Waals surface area contributed by atoms with E-state index in [4.69, 9.17) is 21.1 Å². The fourth-order valence-electron chi connectivity index (χ4n) is 3.06. The minimum Gasteiger partial charge on any atom is -0.490 e. The standard InChI is InChI=1S/C25H22BrClN4O6/c1-3-36-22-10-16(13-28-30-25(33)17-5-4-6-19(11-17)31(34)35)9-20(26)24(22)37-14-23(32)29-18-8-7-15(2)21(27)12-18/h4-13H,3,14H2,1-2H3,(H,29,32)(H,30,33)/b28-13+. The second kappa shape index (κ2) is 12.8. The van der Waals surface area contributed by atoms with Crippen LogP contribution in [0.3, 0.4) is 0 Å². The monoisotopic (exact) mass is 588 g/mol. The second-order valence-corrected chi connectivity index (χ2v) is 8.83. The lowest BCUT2D eigenvalue weighted by atomic mass is 10.2. The molecule has 0 saturated heterocycles. The summed E-state index contributed by atoms with van der Waals surface area (Å²) in [6.45, 7) is 3.72. The Morgan fingerprint density at radius 3 is 2.65 bits per heavy atom. The number of carbonyl (C=O) groups is 2. The van der Waals surface area contributed by atoms with E-state index < -0.39 is 10.8 Å². The van der Waals surface area contributed by atoms with Crippen molar-refractivity contribution in [3.63, 3.8) is 0 Å². The molecular weight excluding hydrogens is 568 g/mol. The number of amides is 2. The van der Waals surface area contributed by atoms with Gasteiger partial charge in [-0.15, -0.1) is 0 Å². The Labute approximate surface area is 225 Å². The Kier molecular flexibility index (Phi) is 9.58. The molecule has 0 fully saturated rings. The number of nitro benzene ring substituents is 1. The summed E-state index contributed by atoms with van der Waals surface area (Å²) >= 11 is 9.51. The molecule has 3 aromatic carbocycles. The molecule has 0 spiro atoms. The van der Waals surface area contributed by atoms with Crippen LogP contribution in [0.2, 0.25) is 5.02 Å². The molecule has 0 aliphatic carbocycles. The van der Waals surface area contributed by atoms with E-state index in [1.807, 2.05) is 6.92 Å². The van der Waals surface area contributed by atoms with Gasteiger partial charge in [-0.05, 0) is 71.2 Å². The van der Waals surface area contributed by atoms with E-state index in [-0.39, 0.29) is 23.8 Å². The van der Waals surface area contributed by atoms with E-state index >= 15 is 0 Å². The molecule has 2 amide bonds. The topological polar surface area (TPSA) is 132 Å². The molecule has 0 atom stereocenters. The molecule has 12 heteroatoms. The van der Waals surface area contributed by atoms with Crippen molar-refractivity contribution in [2.75, 3.05) is 18.5 Å². The van der Waals surface area contributed by atoms with Crippen LogP contribution in [0, 0.1) is 17.0 Å². The summed E-state index contributed by atoms with van der Waals surface area (Å²) < 4.78 is 11.9. The van der Waals surface area contributed by atoms with E-state index in [0.717, 1.165) is 11.6 Å². The first kappa shape index (κ1) is 27.6. The van der Waals surface area contributed by atoms with Crippen molar-refractivity contribution in [3.05, 3.63) is 90.9 Å². The fourth-order valence-corrected chi connectivity index (χ4v) is 3.82. The van der Waals surface area contributed by atoms with Crippen molar-refractivity contribution in [2.45, 2.75) is 13.8 Å². The zero-order chi connectivity index (χ0) is 26.9. The zero-order valence-corrected chi connectivity index (χ0v) is 22.1. The van der Waals surface area contributed by atoms with Crippen molar-refractivity contribution >= 4 is 56.9 Å². The Bertz CT molecular complexity index is 1370. The first-order valence-electron chi connectivity index (χ1n) is 10.9. The van der Waals surface area contributed by atoms with Gasteiger partial charge in [0.15, 0.2) is 18.1 Å². The Hall–Kier alpha value is -3.96. The summed E-state index contributed by atoms with van der Waals surface area (Å²) in [6, 6.07) is 13.8. The largest absolute Gasteiger partial charge is 0.490 e. The molecule has 0 unspecified atom stereocenters. The van der Waals surface area contributed by atoms with Crippen LogP contribution in [-0.2, 0) is 4.79 Å². The van der Waals surface area contributed by atoms with Crippen LogP contribution in [0.5, 0.6) is 11.5 Å². The number of anilines is 1.